The molecule has 0 radical (unpaired) electrons. The predicted molar refractivity (Wildman–Crippen MR) is 129 cm³/mol. The molecular formula is C25H28N2O3S. The van der Waals surface area contributed by atoms with Crippen molar-refractivity contribution in [3.8, 4) is 11.5 Å². The highest BCUT2D eigenvalue weighted by atomic mass is 32.2. The predicted octanol–water partition coefficient (Wildman–Crippen LogP) is 5.83. The summed E-state index contributed by atoms with van der Waals surface area (Å²) in [5.74, 6) is 1.46. The number of benzene rings is 2. The zero-order valence-corrected chi connectivity index (χ0v) is 19.2. The second-order valence-corrected chi connectivity index (χ2v) is 8.64. The zero-order chi connectivity index (χ0) is 22.4. The van der Waals surface area contributed by atoms with E-state index < -0.39 is 0 Å². The minimum atomic E-state index is -0.0537. The number of amides is 1. The van der Waals surface area contributed by atoms with Gasteiger partial charge in [0.25, 0.3) is 5.91 Å². The highest BCUT2D eigenvalue weighted by Gasteiger charge is 2.34. The number of amidine groups is 1. The SMILES string of the molecule is C=CCOc1c(/C=C2/SC(=Nc3ccc(C)cc3)N(CC(C)C)C2=O)cccc1OC. The van der Waals surface area contributed by atoms with E-state index in [1.54, 1.807) is 18.1 Å². The van der Waals surface area contributed by atoms with Crippen molar-refractivity contribution in [2.45, 2.75) is 20.8 Å². The molecule has 1 fully saturated rings. The first kappa shape index (κ1) is 22.7. The summed E-state index contributed by atoms with van der Waals surface area (Å²) in [6.07, 6.45) is 3.52. The van der Waals surface area contributed by atoms with Gasteiger partial charge in [0.05, 0.1) is 17.7 Å². The van der Waals surface area contributed by atoms with E-state index in [0.717, 1.165) is 11.3 Å². The molecule has 0 atom stereocenters. The third-order valence-corrected chi connectivity index (χ3v) is 5.56. The van der Waals surface area contributed by atoms with Crippen LogP contribution in [0.4, 0.5) is 5.69 Å². The van der Waals surface area contributed by atoms with Gasteiger partial charge in [-0.05, 0) is 48.9 Å². The molecule has 162 valence electrons. The fraction of sp³-hybridized carbons (Fsp3) is 0.280. The number of methoxy groups -OCH3 is 1. The summed E-state index contributed by atoms with van der Waals surface area (Å²) in [5, 5.41) is 0.685. The first-order valence-corrected chi connectivity index (χ1v) is 11.0. The maximum atomic E-state index is 13.2. The molecule has 1 heterocycles. The number of para-hydroxylation sites is 1. The van der Waals surface area contributed by atoms with Crippen LogP contribution in [0.25, 0.3) is 6.08 Å². The molecule has 31 heavy (non-hydrogen) atoms. The molecule has 1 saturated heterocycles. The van der Waals surface area contributed by atoms with Crippen LogP contribution in [0, 0.1) is 12.8 Å². The molecule has 0 spiro atoms. The monoisotopic (exact) mass is 436 g/mol. The first-order valence-electron chi connectivity index (χ1n) is 10.2. The lowest BCUT2D eigenvalue weighted by Crippen LogP contribution is -2.32. The maximum absolute atomic E-state index is 13.2. The van der Waals surface area contributed by atoms with Crippen molar-refractivity contribution < 1.29 is 14.3 Å². The van der Waals surface area contributed by atoms with Crippen molar-refractivity contribution >= 4 is 34.6 Å². The summed E-state index contributed by atoms with van der Waals surface area (Å²) in [6, 6.07) is 13.6. The molecule has 0 N–H and O–H groups in total. The van der Waals surface area contributed by atoms with E-state index in [1.165, 1.54) is 17.3 Å². The summed E-state index contributed by atoms with van der Waals surface area (Å²) in [6.45, 7) is 10.9. The van der Waals surface area contributed by atoms with Crippen LogP contribution in [0.15, 0.2) is 65.0 Å². The van der Waals surface area contributed by atoms with Gasteiger partial charge in [-0.3, -0.25) is 9.69 Å². The Kier molecular flexibility index (Phi) is 7.58. The van der Waals surface area contributed by atoms with E-state index in [1.807, 2.05) is 55.5 Å². The van der Waals surface area contributed by atoms with Crippen LogP contribution in [-0.4, -0.2) is 36.2 Å². The van der Waals surface area contributed by atoms with Gasteiger partial charge in [-0.25, -0.2) is 4.99 Å². The molecule has 0 bridgehead atoms. The molecule has 2 aromatic rings. The van der Waals surface area contributed by atoms with Crippen molar-refractivity contribution in [3.05, 3.63) is 71.2 Å². The summed E-state index contributed by atoms with van der Waals surface area (Å²) < 4.78 is 11.3. The van der Waals surface area contributed by atoms with Gasteiger partial charge < -0.3 is 9.47 Å². The molecule has 0 unspecified atom stereocenters. The quantitative estimate of drug-likeness (QED) is 0.386. The molecule has 3 rings (SSSR count). The van der Waals surface area contributed by atoms with E-state index in [4.69, 9.17) is 14.5 Å². The van der Waals surface area contributed by atoms with Crippen LogP contribution in [-0.2, 0) is 4.79 Å². The van der Waals surface area contributed by atoms with Gasteiger partial charge in [-0.2, -0.15) is 0 Å². The molecule has 0 aliphatic carbocycles. The van der Waals surface area contributed by atoms with Crippen LogP contribution >= 0.6 is 11.8 Å². The zero-order valence-electron chi connectivity index (χ0n) is 18.4. The standard InChI is InChI=1S/C25H28N2O3S/c1-6-14-30-23-19(8-7-9-21(23)29-5)15-22-24(28)27(16-17(2)3)25(31-22)26-20-12-10-18(4)11-13-20/h6-13,15,17H,1,14,16H2,2-5H3/b22-15+,26-25?. The Morgan fingerprint density at radius 1 is 1.19 bits per heavy atom. The lowest BCUT2D eigenvalue weighted by molar-refractivity contribution is -0.122. The Labute approximate surface area is 188 Å². The Hall–Kier alpha value is -2.99. The maximum Gasteiger partial charge on any atom is 0.266 e. The van der Waals surface area contributed by atoms with E-state index in [9.17, 15) is 4.79 Å². The van der Waals surface area contributed by atoms with E-state index >= 15 is 0 Å². The van der Waals surface area contributed by atoms with E-state index in [-0.39, 0.29) is 5.91 Å². The summed E-state index contributed by atoms with van der Waals surface area (Å²) in [7, 11) is 1.60. The molecule has 1 amide bonds. The Bertz CT molecular complexity index is 1010. The van der Waals surface area contributed by atoms with Crippen molar-refractivity contribution in [1.29, 1.82) is 0 Å². The number of aliphatic imine (C=N–C) groups is 1. The third-order valence-electron chi connectivity index (χ3n) is 4.56. The lowest BCUT2D eigenvalue weighted by atomic mass is 10.1. The first-order chi connectivity index (χ1) is 14.9. The largest absolute Gasteiger partial charge is 0.493 e. The second-order valence-electron chi connectivity index (χ2n) is 7.63. The van der Waals surface area contributed by atoms with Crippen molar-refractivity contribution in [1.82, 2.24) is 4.90 Å². The molecule has 2 aromatic carbocycles. The smallest absolute Gasteiger partial charge is 0.266 e. The number of ether oxygens (including phenoxy) is 2. The fourth-order valence-corrected chi connectivity index (χ4v) is 4.09. The molecular weight excluding hydrogens is 408 g/mol. The van der Waals surface area contributed by atoms with E-state index in [0.29, 0.717) is 40.6 Å². The summed E-state index contributed by atoms with van der Waals surface area (Å²) >= 11 is 1.38. The highest BCUT2D eigenvalue weighted by molar-refractivity contribution is 8.18. The van der Waals surface area contributed by atoms with Gasteiger partial charge in [0.2, 0.25) is 0 Å². The molecule has 6 heteroatoms. The van der Waals surface area contributed by atoms with Crippen LogP contribution < -0.4 is 9.47 Å². The van der Waals surface area contributed by atoms with Crippen LogP contribution in [0.1, 0.15) is 25.0 Å². The third kappa shape index (κ3) is 5.58. The number of aryl methyl sites for hydroxylation is 1. The number of carbonyl (C=O) groups excluding carboxylic acids is 1. The van der Waals surface area contributed by atoms with Crippen LogP contribution in [0.3, 0.4) is 0 Å². The van der Waals surface area contributed by atoms with Gasteiger partial charge >= 0.3 is 0 Å². The van der Waals surface area contributed by atoms with Gasteiger partial charge in [-0.1, -0.05) is 56.3 Å². The van der Waals surface area contributed by atoms with Crippen LogP contribution in [0.2, 0.25) is 0 Å². The van der Waals surface area contributed by atoms with Gasteiger partial charge in [0.1, 0.15) is 6.61 Å². The number of carbonyl (C=O) groups is 1. The molecule has 0 saturated carbocycles. The van der Waals surface area contributed by atoms with Gasteiger partial charge in [0, 0.05) is 12.1 Å². The Morgan fingerprint density at radius 3 is 2.58 bits per heavy atom. The average molecular weight is 437 g/mol. The van der Waals surface area contributed by atoms with Crippen molar-refractivity contribution in [2.24, 2.45) is 10.9 Å². The topological polar surface area (TPSA) is 51.1 Å². The summed E-state index contributed by atoms with van der Waals surface area (Å²) in [4.78, 5) is 20.4. The number of thioether (sulfide) groups is 1. The number of hydrogen-bond acceptors (Lipinski definition) is 5. The lowest BCUT2D eigenvalue weighted by Gasteiger charge is -2.17. The molecule has 1 aliphatic heterocycles. The normalized spacial score (nSPS) is 16.4. The second kappa shape index (κ2) is 10.4. The number of rotatable bonds is 8. The number of nitrogens with zero attached hydrogens (tertiary/aromatic N) is 2. The highest BCUT2D eigenvalue weighted by Crippen LogP contribution is 2.38. The van der Waals surface area contributed by atoms with E-state index in [2.05, 4.69) is 20.4 Å². The Morgan fingerprint density at radius 2 is 1.94 bits per heavy atom. The van der Waals surface area contributed by atoms with Gasteiger partial charge in [0.15, 0.2) is 16.7 Å². The summed E-state index contributed by atoms with van der Waals surface area (Å²) in [5.41, 5.74) is 2.77. The minimum Gasteiger partial charge on any atom is -0.493 e. The number of hydrogen-bond donors (Lipinski definition) is 0. The van der Waals surface area contributed by atoms with Crippen molar-refractivity contribution in [3.63, 3.8) is 0 Å². The minimum absolute atomic E-state index is 0.0537. The van der Waals surface area contributed by atoms with Crippen LogP contribution in [0.5, 0.6) is 11.5 Å². The molecule has 5 nitrogen and oxygen atoms in total. The fourth-order valence-electron chi connectivity index (χ4n) is 3.09. The Balaban J connectivity index is 2.00. The molecule has 0 aromatic heterocycles. The van der Waals surface area contributed by atoms with Crippen molar-refractivity contribution in [2.75, 3.05) is 20.3 Å². The molecule has 1 aliphatic rings. The average Bonchev–Trinajstić information content (AvgIpc) is 3.02. The van der Waals surface area contributed by atoms with Gasteiger partial charge in [-0.15, -0.1) is 0 Å².